The molecule has 1 heterocycles. The Morgan fingerprint density at radius 2 is 0.601 bits per heavy atom. The maximum atomic E-state index is 13.6. The van der Waals surface area contributed by atoms with Crippen molar-refractivity contribution in [1.29, 1.82) is 0 Å². The minimum atomic E-state index is -0.750. The molecule has 10 N–H and O–H groups in total. The third-order valence-electron chi connectivity index (χ3n) is 23.6. The van der Waals surface area contributed by atoms with Gasteiger partial charge in [0.25, 0.3) is 23.6 Å². The van der Waals surface area contributed by atoms with Gasteiger partial charge in [-0.1, -0.05) is 79.7 Å². The number of phenols is 2. The summed E-state index contributed by atoms with van der Waals surface area (Å²) in [4.78, 5) is 145. The van der Waals surface area contributed by atoms with Crippen molar-refractivity contribution in [3.05, 3.63) is 71.8 Å². The summed E-state index contributed by atoms with van der Waals surface area (Å²) in [5.41, 5.74) is -6.48. The number of amides is 11. The Labute approximate surface area is 823 Å². The highest BCUT2D eigenvalue weighted by Gasteiger charge is 2.41. The van der Waals surface area contributed by atoms with Crippen molar-refractivity contribution >= 4 is 65.0 Å². The molecule has 35 nitrogen and oxygen atoms in total. The summed E-state index contributed by atoms with van der Waals surface area (Å²) in [7, 11) is 0. The fraction of sp³-hybridized carbons (Fsp3) is 0.757. The van der Waals surface area contributed by atoms with Gasteiger partial charge in [0, 0.05) is 149 Å². The number of carbonyl (C=O) groups excluding carboxylic acids is 11. The summed E-state index contributed by atoms with van der Waals surface area (Å²) in [6, 6.07) is 12.7. The maximum absolute atomic E-state index is 13.6. The Morgan fingerprint density at radius 3 is 0.913 bits per heavy atom. The molecule has 2 aromatic carbocycles. The van der Waals surface area contributed by atoms with Gasteiger partial charge in [-0.3, -0.25) is 57.6 Å². The average molecular weight is 1950 g/mol. The van der Waals surface area contributed by atoms with E-state index < -0.39 is 78.0 Å². The molecular formula is C103H176N10O25. The summed E-state index contributed by atoms with van der Waals surface area (Å²) in [6.07, 6.45) is 8.47. The number of ether oxygens (including phenoxy) is 12. The molecule has 3 rings (SSSR count). The molecule has 2 aromatic rings. The lowest BCUT2D eigenvalue weighted by atomic mass is 9.74. The Hall–Kier alpha value is -8.33. The zero-order valence-electron chi connectivity index (χ0n) is 88.2. The van der Waals surface area contributed by atoms with Crippen molar-refractivity contribution < 1.29 is 120 Å². The highest BCUT2D eigenvalue weighted by atomic mass is 16.6. The zero-order valence-corrected chi connectivity index (χ0v) is 88.2. The average Bonchev–Trinajstić information content (AvgIpc) is 0.843. The van der Waals surface area contributed by atoms with Gasteiger partial charge < -0.3 is 114 Å². The number of para-hydroxylation sites is 2. The first-order valence-corrected chi connectivity index (χ1v) is 49.1. The van der Waals surface area contributed by atoms with Crippen LogP contribution in [-0.2, 0) is 100.0 Å². The third-order valence-corrected chi connectivity index (χ3v) is 23.6. The number of carbonyl (C=O) groups is 11. The van der Waals surface area contributed by atoms with Crippen LogP contribution in [0.3, 0.4) is 0 Å². The van der Waals surface area contributed by atoms with Crippen LogP contribution in [-0.4, -0.2) is 308 Å². The molecule has 0 saturated heterocycles. The van der Waals surface area contributed by atoms with Gasteiger partial charge in [0.05, 0.1) is 139 Å². The zero-order chi connectivity index (χ0) is 104. The predicted octanol–water partition coefficient (Wildman–Crippen LogP) is 11.1. The molecule has 788 valence electrons. The van der Waals surface area contributed by atoms with E-state index in [1.165, 1.54) is 24.3 Å². The second-order valence-electron chi connectivity index (χ2n) is 43.7. The number of aromatic hydroxyl groups is 2. The monoisotopic (exact) mass is 1950 g/mol. The molecule has 0 radical (unpaired) electrons. The van der Waals surface area contributed by atoms with Crippen LogP contribution in [0.25, 0.3) is 0 Å². The van der Waals surface area contributed by atoms with Crippen molar-refractivity contribution in [1.82, 2.24) is 52.3 Å². The number of rotatable bonds is 77. The van der Waals surface area contributed by atoms with Crippen LogP contribution in [0.4, 0.5) is 0 Å². The highest BCUT2D eigenvalue weighted by Crippen LogP contribution is 2.37. The summed E-state index contributed by atoms with van der Waals surface area (Å²) in [5, 5.41) is 44.5. The first kappa shape index (κ1) is 124. The number of hydrogen-bond donors (Lipinski definition) is 10. The Kier molecular flexibility index (Phi) is 54.0. The van der Waals surface area contributed by atoms with Crippen molar-refractivity contribution in [2.75, 3.05) is 178 Å². The summed E-state index contributed by atoms with van der Waals surface area (Å²) >= 11 is 0. The van der Waals surface area contributed by atoms with Gasteiger partial charge in [-0.2, -0.15) is 0 Å². The van der Waals surface area contributed by atoms with Crippen LogP contribution in [0.1, 0.15) is 283 Å². The number of benzene rings is 2. The molecule has 35 heteroatoms. The van der Waals surface area contributed by atoms with Gasteiger partial charge in [0.15, 0.2) is 0 Å². The lowest BCUT2D eigenvalue weighted by Crippen LogP contribution is -2.51. The van der Waals surface area contributed by atoms with Gasteiger partial charge in [-0.15, -0.1) is 0 Å². The number of nitrogens with one attached hydrogen (secondary N) is 8. The molecule has 0 atom stereocenters. The van der Waals surface area contributed by atoms with Gasteiger partial charge in [-0.05, 0) is 210 Å². The van der Waals surface area contributed by atoms with E-state index in [1.54, 1.807) is 41.3 Å². The van der Waals surface area contributed by atoms with Crippen molar-refractivity contribution in [2.45, 2.75) is 307 Å². The topological polar surface area (TPSA) is 442 Å². The molecule has 0 fully saturated rings. The van der Waals surface area contributed by atoms with Crippen LogP contribution in [0, 0.1) is 21.7 Å². The second-order valence-corrected chi connectivity index (χ2v) is 43.7. The van der Waals surface area contributed by atoms with E-state index in [0.717, 1.165) is 4.90 Å². The quantitative estimate of drug-likeness (QED) is 0.0217. The Morgan fingerprint density at radius 1 is 0.319 bits per heavy atom. The summed E-state index contributed by atoms with van der Waals surface area (Å²) < 4.78 is 70.4. The van der Waals surface area contributed by atoms with Gasteiger partial charge in [0.2, 0.25) is 41.4 Å². The summed E-state index contributed by atoms with van der Waals surface area (Å²) in [6.45, 7) is 54.5. The predicted molar refractivity (Wildman–Crippen MR) is 529 cm³/mol. The van der Waals surface area contributed by atoms with Crippen LogP contribution in [0.2, 0.25) is 0 Å². The van der Waals surface area contributed by atoms with Crippen molar-refractivity contribution in [3.8, 4) is 11.5 Å². The molecule has 138 heavy (non-hydrogen) atoms. The molecular weight excluding hydrogens is 1780 g/mol. The molecule has 0 aromatic heterocycles. The van der Waals surface area contributed by atoms with Gasteiger partial charge in [0.1, 0.15) is 11.5 Å². The van der Waals surface area contributed by atoms with Crippen molar-refractivity contribution in [2.24, 2.45) is 21.7 Å². The van der Waals surface area contributed by atoms with Crippen LogP contribution in [0.15, 0.2) is 60.7 Å². The van der Waals surface area contributed by atoms with E-state index in [2.05, 4.69) is 42.5 Å². The van der Waals surface area contributed by atoms with Gasteiger partial charge >= 0.3 is 0 Å². The number of hydrogen-bond acceptors (Lipinski definition) is 25. The number of nitrogens with zero attached hydrogens (tertiary/aromatic N) is 2. The van der Waals surface area contributed by atoms with Crippen LogP contribution >= 0.6 is 0 Å². The molecule has 11 amide bonds. The van der Waals surface area contributed by atoms with Crippen LogP contribution in [0.5, 0.6) is 11.5 Å². The van der Waals surface area contributed by atoms with E-state index in [1.807, 2.05) is 166 Å². The minimum Gasteiger partial charge on any atom is -0.507 e. The minimum absolute atomic E-state index is 0.0576. The van der Waals surface area contributed by atoms with E-state index in [-0.39, 0.29) is 194 Å². The molecule has 0 bridgehead atoms. The molecule has 1 aliphatic rings. The lowest BCUT2D eigenvalue weighted by molar-refractivity contribution is -0.139. The first-order valence-electron chi connectivity index (χ1n) is 49.1. The fourth-order valence-corrected chi connectivity index (χ4v) is 15.1. The number of imide groups is 1. The highest BCUT2D eigenvalue weighted by molar-refractivity contribution is 6.13. The molecule has 0 unspecified atom stereocenters. The molecule has 1 aliphatic heterocycles. The van der Waals surface area contributed by atoms with E-state index in [9.17, 15) is 63.0 Å². The molecule has 0 saturated carbocycles. The van der Waals surface area contributed by atoms with Crippen molar-refractivity contribution in [3.63, 3.8) is 0 Å². The van der Waals surface area contributed by atoms with Crippen LogP contribution < -0.4 is 42.5 Å². The Balaban J connectivity index is 1.17. The largest absolute Gasteiger partial charge is 0.507 e. The van der Waals surface area contributed by atoms with E-state index >= 15 is 0 Å². The second kappa shape index (κ2) is 60.2. The number of phenolic OH excluding ortho intramolecular Hbond substituents is 2. The Bertz CT molecular complexity index is 3840. The smallest absolute Gasteiger partial charge is 0.255 e. The van der Waals surface area contributed by atoms with Gasteiger partial charge in [-0.25, -0.2) is 0 Å². The fourth-order valence-electron chi connectivity index (χ4n) is 15.1. The molecule has 0 spiro atoms. The third kappa shape index (κ3) is 55.8. The van der Waals surface area contributed by atoms with E-state index in [0.29, 0.717) is 156 Å². The standard InChI is InChI=1S/C103H176N10O25/c1-92(2,75-106-88(123)77-29-25-27-31-79(77)114)73-94(5,6)90(125)110-98(13,14)46-57-137-102(21,22)42-48-104-81(116)35-40-100(17,18)135-55-44-96(9,10)108-83(118)38-53-127-61-65-131-69-71-133-67-63-129-59-51-112(85(120)37-50-113-86(121)33-34-87(113)122)52-60-130-64-68-134-72-70-132-66-62-128-54-39-84(119)109-97(11,12)45-56-136-101(19,20)41-36-82(117)105-49-43-103(23,24)138-58-47-99(15,16)111-91(126)95(7,8)74-93(3,4)76-107-89(124)78-30-26-28-32-80(78)115/h25-34,114-115H,35-76H2,1-24H3,(H,104,116)(H,105,117)(H,106,123)(H,107,124)(H,108,118)(H,109,119)(H,110,125)(H,111,126). The molecule has 0 aliphatic carbocycles. The summed E-state index contributed by atoms with van der Waals surface area (Å²) in [5.74, 6) is -2.86. The normalized spacial score (nSPS) is 13.3. The van der Waals surface area contributed by atoms with E-state index in [4.69, 9.17) is 56.8 Å². The maximum Gasteiger partial charge on any atom is 0.255 e. The lowest BCUT2D eigenvalue weighted by Gasteiger charge is -2.37. The first-order chi connectivity index (χ1) is 64.2. The SMILES string of the molecule is CC(C)(CNC(=O)c1ccccc1O)CC(C)(C)C(=O)NC(C)(C)CCOC(C)(C)CCNC(=O)CCC(C)(C)OCCC(C)(C)NC(=O)CCOCCOCCOCCOCCN(CCOCCOCCOCCOCCC(=O)NC(C)(C)CCOC(C)(C)CCC(=O)NCCC(C)(C)OCCC(C)(C)NC(=O)C(C)(C)CC(C)(C)CNC(=O)c1ccccc1O)C(=O)CCN1C(=O)C=CC1=O.